The van der Waals surface area contributed by atoms with Gasteiger partial charge in [0.15, 0.2) is 0 Å². The maximum Gasteiger partial charge on any atom is 0.0325 e. The second kappa shape index (κ2) is 6.46. The Bertz CT molecular complexity index is 351. The first-order valence-corrected chi connectivity index (χ1v) is 8.03. The summed E-state index contributed by atoms with van der Waals surface area (Å²) in [5, 5.41) is 3.80. The highest BCUT2D eigenvalue weighted by atomic mass is 32.2. The van der Waals surface area contributed by atoms with Crippen LogP contribution in [-0.4, -0.2) is 18.1 Å². The van der Waals surface area contributed by atoms with Crippen molar-refractivity contribution >= 4 is 11.8 Å². The molecule has 0 saturated carbocycles. The van der Waals surface area contributed by atoms with E-state index in [9.17, 15) is 0 Å². The van der Waals surface area contributed by atoms with Crippen molar-refractivity contribution in [2.75, 3.05) is 12.0 Å². The second-order valence-electron chi connectivity index (χ2n) is 4.99. The predicted octanol–water partition coefficient (Wildman–Crippen LogP) is 3.80. The van der Waals surface area contributed by atoms with Gasteiger partial charge in [0.1, 0.15) is 0 Å². The Morgan fingerprint density at radius 3 is 3.06 bits per heavy atom. The number of thioether (sulfide) groups is 1. The maximum absolute atomic E-state index is 3.80. The van der Waals surface area contributed by atoms with Crippen LogP contribution in [0.4, 0.5) is 0 Å². The molecule has 2 atom stereocenters. The van der Waals surface area contributed by atoms with Gasteiger partial charge in [0, 0.05) is 12.1 Å². The molecule has 1 aromatic rings. The highest BCUT2D eigenvalue weighted by molar-refractivity contribution is 7.98. The number of benzene rings is 1. The molecule has 1 N–H and O–H groups in total. The van der Waals surface area contributed by atoms with Gasteiger partial charge in [-0.05, 0) is 55.7 Å². The molecule has 2 rings (SSSR count). The Balaban J connectivity index is 1.98. The lowest BCUT2D eigenvalue weighted by Crippen LogP contribution is -2.33. The first kappa shape index (κ1) is 13.0. The van der Waals surface area contributed by atoms with Crippen LogP contribution >= 0.6 is 11.8 Å². The van der Waals surface area contributed by atoms with E-state index in [0.29, 0.717) is 12.1 Å². The fraction of sp³-hybridized carbons (Fsp3) is 0.600. The van der Waals surface area contributed by atoms with E-state index in [1.54, 1.807) is 5.56 Å². The molecule has 1 aliphatic rings. The molecule has 1 aromatic carbocycles. The van der Waals surface area contributed by atoms with Crippen LogP contribution in [0.25, 0.3) is 0 Å². The molecule has 2 unspecified atom stereocenters. The van der Waals surface area contributed by atoms with E-state index in [-0.39, 0.29) is 0 Å². The number of hydrogen-bond acceptors (Lipinski definition) is 2. The molecule has 0 aliphatic heterocycles. The Morgan fingerprint density at radius 2 is 2.24 bits per heavy atom. The minimum absolute atomic E-state index is 0.580. The number of hydrogen-bond donors (Lipinski definition) is 1. The molecule has 0 radical (unpaired) electrons. The summed E-state index contributed by atoms with van der Waals surface area (Å²) in [6, 6.07) is 10.1. The van der Waals surface area contributed by atoms with Gasteiger partial charge in [-0.25, -0.2) is 0 Å². The van der Waals surface area contributed by atoms with Crippen LogP contribution in [0.15, 0.2) is 24.3 Å². The van der Waals surface area contributed by atoms with Gasteiger partial charge in [-0.1, -0.05) is 24.3 Å². The van der Waals surface area contributed by atoms with Crippen LogP contribution in [-0.2, 0) is 6.42 Å². The summed E-state index contributed by atoms with van der Waals surface area (Å²) in [6.45, 7) is 2.31. The monoisotopic (exact) mass is 249 g/mol. The zero-order chi connectivity index (χ0) is 12.1. The van der Waals surface area contributed by atoms with Gasteiger partial charge < -0.3 is 5.32 Å². The summed E-state index contributed by atoms with van der Waals surface area (Å²) in [6.07, 6.45) is 7.32. The maximum atomic E-state index is 3.80. The summed E-state index contributed by atoms with van der Waals surface area (Å²) in [5.41, 5.74) is 3.09. The van der Waals surface area contributed by atoms with Crippen LogP contribution in [0.2, 0.25) is 0 Å². The molecule has 0 saturated heterocycles. The van der Waals surface area contributed by atoms with Crippen molar-refractivity contribution in [2.45, 2.75) is 44.7 Å². The van der Waals surface area contributed by atoms with Gasteiger partial charge in [-0.3, -0.25) is 0 Å². The quantitative estimate of drug-likeness (QED) is 0.852. The van der Waals surface area contributed by atoms with Crippen molar-refractivity contribution < 1.29 is 0 Å². The van der Waals surface area contributed by atoms with Crippen molar-refractivity contribution in [2.24, 2.45) is 0 Å². The van der Waals surface area contributed by atoms with E-state index in [1.165, 1.54) is 37.0 Å². The molecule has 94 valence electrons. The number of aryl methyl sites for hydroxylation is 1. The third-order valence-electron chi connectivity index (χ3n) is 3.61. The van der Waals surface area contributed by atoms with Crippen LogP contribution in [0.1, 0.15) is 43.4 Å². The summed E-state index contributed by atoms with van der Waals surface area (Å²) < 4.78 is 0. The molecule has 1 aliphatic carbocycles. The average Bonchev–Trinajstić information content (AvgIpc) is 2.37. The van der Waals surface area contributed by atoms with E-state index in [2.05, 4.69) is 42.8 Å². The lowest BCUT2D eigenvalue weighted by molar-refractivity contribution is 0.404. The minimum atomic E-state index is 0.580. The fourth-order valence-corrected chi connectivity index (χ4v) is 3.24. The number of nitrogens with one attached hydrogen (secondary N) is 1. The molecule has 0 aromatic heterocycles. The van der Waals surface area contributed by atoms with Crippen LogP contribution in [0.3, 0.4) is 0 Å². The van der Waals surface area contributed by atoms with E-state index in [4.69, 9.17) is 0 Å². The highest BCUT2D eigenvalue weighted by Crippen LogP contribution is 2.29. The Labute approximate surface area is 109 Å². The van der Waals surface area contributed by atoms with Gasteiger partial charge in [0.25, 0.3) is 0 Å². The standard InChI is InChI=1S/C15H23NS/c1-12(10-11-17-2)16-15-9-5-7-13-6-3-4-8-14(13)15/h3-4,6,8,12,15-16H,5,7,9-11H2,1-2H3. The molecule has 17 heavy (non-hydrogen) atoms. The molecule has 0 bridgehead atoms. The summed E-state index contributed by atoms with van der Waals surface area (Å²) >= 11 is 1.94. The van der Waals surface area contributed by atoms with Crippen molar-refractivity contribution in [1.29, 1.82) is 0 Å². The Kier molecular flexibility index (Phi) is 4.93. The third-order valence-corrected chi connectivity index (χ3v) is 4.25. The minimum Gasteiger partial charge on any atom is -0.307 e. The zero-order valence-electron chi connectivity index (χ0n) is 10.9. The molecular formula is C15H23NS. The molecule has 2 heteroatoms. The van der Waals surface area contributed by atoms with E-state index in [0.717, 1.165) is 0 Å². The predicted molar refractivity (Wildman–Crippen MR) is 77.7 cm³/mol. The van der Waals surface area contributed by atoms with E-state index < -0.39 is 0 Å². The normalized spacial score (nSPS) is 20.9. The van der Waals surface area contributed by atoms with Crippen molar-refractivity contribution in [3.05, 3.63) is 35.4 Å². The zero-order valence-corrected chi connectivity index (χ0v) is 11.7. The molecule has 0 amide bonds. The van der Waals surface area contributed by atoms with Crippen molar-refractivity contribution in [3.8, 4) is 0 Å². The third kappa shape index (κ3) is 3.49. The van der Waals surface area contributed by atoms with E-state index >= 15 is 0 Å². The summed E-state index contributed by atoms with van der Waals surface area (Å²) in [5.74, 6) is 1.25. The summed E-state index contributed by atoms with van der Waals surface area (Å²) in [4.78, 5) is 0. The van der Waals surface area contributed by atoms with E-state index in [1.807, 2.05) is 11.8 Å². The van der Waals surface area contributed by atoms with Crippen LogP contribution in [0.5, 0.6) is 0 Å². The smallest absolute Gasteiger partial charge is 0.0325 e. The Hall–Kier alpha value is -0.470. The lowest BCUT2D eigenvalue weighted by Gasteiger charge is -2.29. The van der Waals surface area contributed by atoms with Gasteiger partial charge in [0.2, 0.25) is 0 Å². The first-order chi connectivity index (χ1) is 8.31. The molecule has 0 heterocycles. The van der Waals surface area contributed by atoms with Crippen molar-refractivity contribution in [3.63, 3.8) is 0 Å². The fourth-order valence-electron chi connectivity index (χ4n) is 2.65. The van der Waals surface area contributed by atoms with Crippen LogP contribution < -0.4 is 5.32 Å². The number of rotatable bonds is 5. The molecule has 0 spiro atoms. The van der Waals surface area contributed by atoms with Gasteiger partial charge in [0.05, 0.1) is 0 Å². The molecule has 1 nitrogen and oxygen atoms in total. The average molecular weight is 249 g/mol. The van der Waals surface area contributed by atoms with Gasteiger partial charge in [-0.2, -0.15) is 11.8 Å². The second-order valence-corrected chi connectivity index (χ2v) is 5.98. The largest absolute Gasteiger partial charge is 0.307 e. The van der Waals surface area contributed by atoms with Gasteiger partial charge in [-0.15, -0.1) is 0 Å². The first-order valence-electron chi connectivity index (χ1n) is 6.64. The lowest BCUT2D eigenvalue weighted by atomic mass is 9.87. The SMILES string of the molecule is CSCCC(C)NC1CCCc2ccccc21. The molecule has 0 fully saturated rings. The van der Waals surface area contributed by atoms with Gasteiger partial charge >= 0.3 is 0 Å². The molecular weight excluding hydrogens is 226 g/mol. The highest BCUT2D eigenvalue weighted by Gasteiger charge is 2.20. The van der Waals surface area contributed by atoms with Crippen molar-refractivity contribution in [1.82, 2.24) is 5.32 Å². The Morgan fingerprint density at radius 1 is 1.41 bits per heavy atom. The summed E-state index contributed by atoms with van der Waals surface area (Å²) in [7, 11) is 0. The van der Waals surface area contributed by atoms with Crippen LogP contribution in [0, 0.1) is 0 Å². The topological polar surface area (TPSA) is 12.0 Å². The number of fused-ring (bicyclic) bond motifs is 1.